The molecule has 1 saturated carbocycles. The van der Waals surface area contributed by atoms with Crippen LogP contribution in [0.2, 0.25) is 0 Å². The molecule has 4 nitrogen and oxygen atoms in total. The molecular formula is C16H20N2O2. The summed E-state index contributed by atoms with van der Waals surface area (Å²) >= 11 is 0. The zero-order valence-electron chi connectivity index (χ0n) is 11.9. The van der Waals surface area contributed by atoms with Crippen LogP contribution in [-0.2, 0) is 16.1 Å². The number of nitrogens with one attached hydrogen (secondary N) is 1. The van der Waals surface area contributed by atoms with Gasteiger partial charge in [0.05, 0.1) is 0 Å². The summed E-state index contributed by atoms with van der Waals surface area (Å²) in [7, 11) is 0. The van der Waals surface area contributed by atoms with Crippen molar-refractivity contribution < 1.29 is 9.59 Å². The zero-order chi connectivity index (χ0) is 14.3. The molecule has 20 heavy (non-hydrogen) atoms. The third-order valence-corrected chi connectivity index (χ3v) is 4.56. The predicted molar refractivity (Wildman–Crippen MR) is 75.7 cm³/mol. The summed E-state index contributed by atoms with van der Waals surface area (Å²) in [5, 5.41) is 2.83. The zero-order valence-corrected chi connectivity index (χ0v) is 11.9. The van der Waals surface area contributed by atoms with Gasteiger partial charge in [0.15, 0.2) is 0 Å². The van der Waals surface area contributed by atoms with Crippen molar-refractivity contribution in [3.8, 4) is 0 Å². The molecule has 1 aliphatic heterocycles. The number of amides is 2. The van der Waals surface area contributed by atoms with E-state index in [0.29, 0.717) is 12.5 Å². The van der Waals surface area contributed by atoms with E-state index in [-0.39, 0.29) is 11.8 Å². The molecule has 0 spiro atoms. The van der Waals surface area contributed by atoms with E-state index in [1.165, 1.54) is 0 Å². The molecule has 2 unspecified atom stereocenters. The molecule has 1 N–H and O–H groups in total. The lowest BCUT2D eigenvalue weighted by atomic mass is 9.88. The fourth-order valence-corrected chi connectivity index (χ4v) is 3.05. The average molecular weight is 272 g/mol. The molecule has 1 aromatic rings. The minimum atomic E-state index is -0.695. The molecule has 2 fully saturated rings. The van der Waals surface area contributed by atoms with Crippen LogP contribution in [0.15, 0.2) is 30.3 Å². The van der Waals surface area contributed by atoms with Gasteiger partial charge < -0.3 is 10.2 Å². The second kappa shape index (κ2) is 4.62. The molecule has 2 atom stereocenters. The second-order valence-electron chi connectivity index (χ2n) is 6.03. The molecule has 1 heterocycles. The standard InChI is InChI=1S/C16H20N2O2/c1-11-14(19)18(10-12-6-4-3-5-7-12)16(2,13-8-9-13)15(20)17-11/h3-7,11,13H,8-10H2,1-2H3,(H,17,20). The average Bonchev–Trinajstić information content (AvgIpc) is 3.27. The summed E-state index contributed by atoms with van der Waals surface area (Å²) < 4.78 is 0. The minimum Gasteiger partial charge on any atom is -0.343 e. The highest BCUT2D eigenvalue weighted by molar-refractivity contribution is 5.99. The molecule has 1 aliphatic carbocycles. The number of rotatable bonds is 3. The molecule has 3 rings (SSSR count). The van der Waals surface area contributed by atoms with Crippen LogP contribution in [0.5, 0.6) is 0 Å². The Hall–Kier alpha value is -1.84. The third-order valence-electron chi connectivity index (χ3n) is 4.56. The Balaban J connectivity index is 1.94. The Morgan fingerprint density at radius 2 is 1.90 bits per heavy atom. The van der Waals surface area contributed by atoms with Gasteiger partial charge in [-0.25, -0.2) is 0 Å². The smallest absolute Gasteiger partial charge is 0.246 e. The normalized spacial score (nSPS) is 30.3. The van der Waals surface area contributed by atoms with Gasteiger partial charge in [-0.05, 0) is 38.2 Å². The van der Waals surface area contributed by atoms with E-state index in [1.54, 1.807) is 11.8 Å². The molecule has 1 aromatic carbocycles. The maximum absolute atomic E-state index is 12.5. The van der Waals surface area contributed by atoms with Crippen molar-refractivity contribution in [2.24, 2.45) is 5.92 Å². The van der Waals surface area contributed by atoms with E-state index in [4.69, 9.17) is 0 Å². The first-order valence-corrected chi connectivity index (χ1v) is 7.20. The molecule has 2 amide bonds. The van der Waals surface area contributed by atoms with Crippen LogP contribution in [0, 0.1) is 5.92 Å². The lowest BCUT2D eigenvalue weighted by molar-refractivity contribution is -0.158. The summed E-state index contributed by atoms with van der Waals surface area (Å²) in [5.74, 6) is 0.300. The highest BCUT2D eigenvalue weighted by atomic mass is 16.2. The molecule has 0 aromatic heterocycles. The van der Waals surface area contributed by atoms with E-state index >= 15 is 0 Å². The lowest BCUT2D eigenvalue weighted by Crippen LogP contribution is -2.69. The Kier molecular flexibility index (Phi) is 3.04. The van der Waals surface area contributed by atoms with Gasteiger partial charge in [-0.1, -0.05) is 30.3 Å². The number of piperazine rings is 1. The van der Waals surface area contributed by atoms with Gasteiger partial charge in [0.25, 0.3) is 0 Å². The summed E-state index contributed by atoms with van der Waals surface area (Å²) in [6.45, 7) is 4.17. The van der Waals surface area contributed by atoms with Crippen molar-refractivity contribution >= 4 is 11.8 Å². The Morgan fingerprint density at radius 3 is 2.50 bits per heavy atom. The fourth-order valence-electron chi connectivity index (χ4n) is 3.05. The van der Waals surface area contributed by atoms with E-state index in [9.17, 15) is 9.59 Å². The summed E-state index contributed by atoms with van der Waals surface area (Å²) in [5.41, 5.74) is 0.369. The van der Waals surface area contributed by atoms with Crippen molar-refractivity contribution in [3.05, 3.63) is 35.9 Å². The van der Waals surface area contributed by atoms with Crippen molar-refractivity contribution in [1.82, 2.24) is 10.2 Å². The van der Waals surface area contributed by atoms with Crippen LogP contribution >= 0.6 is 0 Å². The maximum atomic E-state index is 12.5. The molecule has 106 valence electrons. The number of benzene rings is 1. The topological polar surface area (TPSA) is 49.4 Å². The van der Waals surface area contributed by atoms with Gasteiger partial charge in [0, 0.05) is 6.54 Å². The Morgan fingerprint density at radius 1 is 1.25 bits per heavy atom. The third kappa shape index (κ3) is 1.99. The first-order chi connectivity index (χ1) is 9.53. The van der Waals surface area contributed by atoms with Crippen molar-refractivity contribution in [2.75, 3.05) is 0 Å². The van der Waals surface area contributed by atoms with Gasteiger partial charge in [-0.2, -0.15) is 0 Å². The van der Waals surface area contributed by atoms with Gasteiger partial charge in [0.2, 0.25) is 11.8 Å². The number of hydrogen-bond donors (Lipinski definition) is 1. The van der Waals surface area contributed by atoms with E-state index in [2.05, 4.69) is 5.32 Å². The van der Waals surface area contributed by atoms with Crippen LogP contribution in [0.4, 0.5) is 0 Å². The lowest BCUT2D eigenvalue weighted by Gasteiger charge is -2.46. The maximum Gasteiger partial charge on any atom is 0.246 e. The number of carbonyl (C=O) groups is 2. The van der Waals surface area contributed by atoms with Gasteiger partial charge in [-0.15, -0.1) is 0 Å². The molecule has 0 radical (unpaired) electrons. The SMILES string of the molecule is CC1NC(=O)C(C)(C2CC2)N(Cc2ccccc2)C1=O. The summed E-state index contributed by atoms with van der Waals surface area (Å²) in [4.78, 5) is 26.8. The largest absolute Gasteiger partial charge is 0.343 e. The predicted octanol–water partition coefficient (Wildman–Crippen LogP) is 1.70. The fraction of sp³-hybridized carbons (Fsp3) is 0.500. The van der Waals surface area contributed by atoms with Crippen LogP contribution in [0.1, 0.15) is 32.3 Å². The first kappa shape index (κ1) is 13.2. The molecule has 4 heteroatoms. The van der Waals surface area contributed by atoms with Gasteiger partial charge in [-0.3, -0.25) is 9.59 Å². The molecular weight excluding hydrogens is 252 g/mol. The van der Waals surface area contributed by atoms with Crippen LogP contribution in [0.25, 0.3) is 0 Å². The molecule has 2 aliphatic rings. The van der Waals surface area contributed by atoms with Crippen molar-refractivity contribution in [1.29, 1.82) is 0 Å². The molecule has 1 saturated heterocycles. The van der Waals surface area contributed by atoms with Crippen molar-refractivity contribution in [3.63, 3.8) is 0 Å². The number of hydrogen-bond acceptors (Lipinski definition) is 2. The highest BCUT2D eigenvalue weighted by Gasteiger charge is 2.56. The first-order valence-electron chi connectivity index (χ1n) is 7.20. The Labute approximate surface area is 119 Å². The minimum absolute atomic E-state index is 0.0111. The van der Waals surface area contributed by atoms with E-state index in [1.807, 2.05) is 37.3 Å². The highest BCUT2D eigenvalue weighted by Crippen LogP contribution is 2.45. The van der Waals surface area contributed by atoms with Crippen LogP contribution in [-0.4, -0.2) is 28.3 Å². The van der Waals surface area contributed by atoms with Gasteiger partial charge >= 0.3 is 0 Å². The second-order valence-corrected chi connectivity index (χ2v) is 6.03. The van der Waals surface area contributed by atoms with Gasteiger partial charge in [0.1, 0.15) is 11.6 Å². The van der Waals surface area contributed by atoms with Crippen molar-refractivity contribution in [2.45, 2.75) is 44.8 Å². The quantitative estimate of drug-likeness (QED) is 0.910. The van der Waals surface area contributed by atoms with E-state index in [0.717, 1.165) is 18.4 Å². The van der Waals surface area contributed by atoms with Crippen LogP contribution < -0.4 is 5.32 Å². The monoisotopic (exact) mass is 272 g/mol. The molecule has 0 bridgehead atoms. The Bertz CT molecular complexity index is 539. The summed E-state index contributed by atoms with van der Waals surface area (Å²) in [6, 6.07) is 9.44. The number of nitrogens with zero attached hydrogens (tertiary/aromatic N) is 1. The number of carbonyl (C=O) groups excluding carboxylic acids is 2. The summed E-state index contributed by atoms with van der Waals surface area (Å²) in [6.07, 6.45) is 2.05. The van der Waals surface area contributed by atoms with Crippen LogP contribution in [0.3, 0.4) is 0 Å². The van der Waals surface area contributed by atoms with E-state index < -0.39 is 11.6 Å².